The van der Waals surface area contributed by atoms with E-state index in [4.69, 9.17) is 0 Å². The lowest BCUT2D eigenvalue weighted by molar-refractivity contribution is 0.281. The van der Waals surface area contributed by atoms with Crippen LogP contribution >= 0.6 is 15.9 Å². The van der Waals surface area contributed by atoms with Crippen LogP contribution in [-0.2, 0) is 6.42 Å². The number of rotatable bonds is 9. The van der Waals surface area contributed by atoms with Crippen molar-refractivity contribution >= 4 is 15.9 Å². The first kappa shape index (κ1) is 16.7. The van der Waals surface area contributed by atoms with E-state index >= 15 is 0 Å². The van der Waals surface area contributed by atoms with Gasteiger partial charge in [0, 0.05) is 10.5 Å². The van der Waals surface area contributed by atoms with Crippen LogP contribution in [-0.4, -0.2) is 37.1 Å². The summed E-state index contributed by atoms with van der Waals surface area (Å²) >= 11 is 3.65. The number of likely N-dealkylation sites (N-methyl/N-ethyl adjacent to an activating group) is 1. The molecule has 108 valence electrons. The van der Waals surface area contributed by atoms with Crippen LogP contribution in [0, 0.1) is 0 Å². The zero-order valence-corrected chi connectivity index (χ0v) is 14.0. The van der Waals surface area contributed by atoms with Gasteiger partial charge in [-0.15, -0.1) is 0 Å². The zero-order chi connectivity index (χ0) is 14.1. The predicted molar refractivity (Wildman–Crippen MR) is 87.7 cm³/mol. The van der Waals surface area contributed by atoms with E-state index in [1.807, 2.05) is 0 Å². The Balaban J connectivity index is 2.55. The lowest BCUT2D eigenvalue weighted by Crippen LogP contribution is -2.35. The highest BCUT2D eigenvalue weighted by Gasteiger charge is 2.11. The van der Waals surface area contributed by atoms with E-state index in [9.17, 15) is 0 Å². The zero-order valence-electron chi connectivity index (χ0n) is 12.5. The molecule has 0 radical (unpaired) electrons. The van der Waals surface area contributed by atoms with Gasteiger partial charge in [-0.2, -0.15) is 0 Å². The van der Waals surface area contributed by atoms with Crippen LogP contribution in [0.5, 0.6) is 0 Å². The van der Waals surface area contributed by atoms with E-state index in [1.54, 1.807) is 0 Å². The highest BCUT2D eigenvalue weighted by Crippen LogP contribution is 2.18. The van der Waals surface area contributed by atoms with Gasteiger partial charge in [0.15, 0.2) is 0 Å². The Hall–Kier alpha value is -0.380. The molecule has 3 heteroatoms. The molecule has 0 saturated heterocycles. The topological polar surface area (TPSA) is 15.3 Å². The summed E-state index contributed by atoms with van der Waals surface area (Å²) in [6.45, 7) is 11.2. The van der Waals surface area contributed by atoms with Gasteiger partial charge in [-0.1, -0.05) is 54.9 Å². The number of nitrogens with one attached hydrogen (secondary N) is 1. The van der Waals surface area contributed by atoms with E-state index in [0.29, 0.717) is 6.04 Å². The van der Waals surface area contributed by atoms with Crippen molar-refractivity contribution in [3.05, 3.63) is 34.3 Å². The molecule has 1 aromatic carbocycles. The molecule has 1 unspecified atom stereocenters. The molecule has 1 rings (SSSR count). The second-order valence-corrected chi connectivity index (χ2v) is 5.72. The summed E-state index contributed by atoms with van der Waals surface area (Å²) in [7, 11) is 0. The maximum Gasteiger partial charge on any atom is 0.0207 e. The summed E-state index contributed by atoms with van der Waals surface area (Å²) in [5.74, 6) is 0. The largest absolute Gasteiger partial charge is 0.314 e. The second kappa shape index (κ2) is 9.51. The average Bonchev–Trinajstić information content (AvgIpc) is 2.42. The molecule has 0 heterocycles. The SMILES string of the molecule is CCNC(CCN(CC)CC)Cc1ccccc1Br. The minimum Gasteiger partial charge on any atom is -0.314 e. The van der Waals surface area contributed by atoms with E-state index < -0.39 is 0 Å². The van der Waals surface area contributed by atoms with Crippen LogP contribution in [0.1, 0.15) is 32.8 Å². The lowest BCUT2D eigenvalue weighted by Gasteiger charge is -2.23. The van der Waals surface area contributed by atoms with Crippen LogP contribution < -0.4 is 5.32 Å². The van der Waals surface area contributed by atoms with Crippen molar-refractivity contribution in [2.45, 2.75) is 39.7 Å². The molecule has 19 heavy (non-hydrogen) atoms. The second-order valence-electron chi connectivity index (χ2n) is 4.87. The first-order valence-electron chi connectivity index (χ1n) is 7.40. The Labute approximate surface area is 126 Å². The van der Waals surface area contributed by atoms with E-state index in [0.717, 1.165) is 26.1 Å². The maximum atomic E-state index is 3.65. The van der Waals surface area contributed by atoms with Crippen molar-refractivity contribution in [2.24, 2.45) is 0 Å². The maximum absolute atomic E-state index is 3.65. The molecule has 0 spiro atoms. The number of halogens is 1. The number of hydrogen-bond donors (Lipinski definition) is 1. The van der Waals surface area contributed by atoms with Gasteiger partial charge in [0.05, 0.1) is 0 Å². The number of hydrogen-bond acceptors (Lipinski definition) is 2. The molecule has 1 N–H and O–H groups in total. The predicted octanol–water partition coefficient (Wildman–Crippen LogP) is 3.70. The molecule has 1 aromatic rings. The Morgan fingerprint density at radius 3 is 2.42 bits per heavy atom. The third-order valence-electron chi connectivity index (χ3n) is 3.61. The van der Waals surface area contributed by atoms with Gasteiger partial charge < -0.3 is 10.2 Å². The molecular formula is C16H27BrN2. The lowest BCUT2D eigenvalue weighted by atomic mass is 10.0. The third-order valence-corrected chi connectivity index (χ3v) is 4.38. The molecular weight excluding hydrogens is 300 g/mol. The summed E-state index contributed by atoms with van der Waals surface area (Å²) in [4.78, 5) is 2.49. The van der Waals surface area contributed by atoms with Gasteiger partial charge in [-0.25, -0.2) is 0 Å². The van der Waals surface area contributed by atoms with E-state index in [-0.39, 0.29) is 0 Å². The summed E-state index contributed by atoms with van der Waals surface area (Å²) in [6, 6.07) is 9.10. The Bertz CT molecular complexity index is 350. The Morgan fingerprint density at radius 1 is 1.16 bits per heavy atom. The van der Waals surface area contributed by atoms with Crippen molar-refractivity contribution in [3.8, 4) is 0 Å². The van der Waals surface area contributed by atoms with Gasteiger partial charge in [-0.05, 0) is 50.7 Å². The molecule has 0 amide bonds. The minimum absolute atomic E-state index is 0.560. The normalized spacial score (nSPS) is 12.9. The van der Waals surface area contributed by atoms with Crippen LogP contribution in [0.4, 0.5) is 0 Å². The van der Waals surface area contributed by atoms with Crippen LogP contribution in [0.2, 0.25) is 0 Å². The quantitative estimate of drug-likeness (QED) is 0.744. The average molecular weight is 327 g/mol. The highest BCUT2D eigenvalue weighted by molar-refractivity contribution is 9.10. The number of benzene rings is 1. The van der Waals surface area contributed by atoms with Crippen LogP contribution in [0.25, 0.3) is 0 Å². The molecule has 0 saturated carbocycles. The fourth-order valence-electron chi connectivity index (χ4n) is 2.37. The van der Waals surface area contributed by atoms with Gasteiger partial charge in [-0.3, -0.25) is 0 Å². The molecule has 0 fully saturated rings. The van der Waals surface area contributed by atoms with Gasteiger partial charge >= 0.3 is 0 Å². The molecule has 0 aliphatic rings. The third kappa shape index (κ3) is 6.07. The van der Waals surface area contributed by atoms with Crippen molar-refractivity contribution in [3.63, 3.8) is 0 Å². The van der Waals surface area contributed by atoms with E-state index in [1.165, 1.54) is 23.0 Å². The van der Waals surface area contributed by atoms with Crippen LogP contribution in [0.3, 0.4) is 0 Å². The smallest absolute Gasteiger partial charge is 0.0207 e. The van der Waals surface area contributed by atoms with Crippen molar-refractivity contribution in [2.75, 3.05) is 26.2 Å². The summed E-state index contributed by atoms with van der Waals surface area (Å²) in [5.41, 5.74) is 1.40. The van der Waals surface area contributed by atoms with Crippen molar-refractivity contribution < 1.29 is 0 Å². The van der Waals surface area contributed by atoms with Crippen LogP contribution in [0.15, 0.2) is 28.7 Å². The molecule has 0 aliphatic heterocycles. The standard InChI is InChI=1S/C16H27BrN2/c1-4-18-15(11-12-19(5-2)6-3)13-14-9-7-8-10-16(14)17/h7-10,15,18H,4-6,11-13H2,1-3H3. The molecule has 2 nitrogen and oxygen atoms in total. The molecule has 0 aromatic heterocycles. The van der Waals surface area contributed by atoms with Crippen molar-refractivity contribution in [1.29, 1.82) is 0 Å². The molecule has 1 atom stereocenters. The van der Waals surface area contributed by atoms with E-state index in [2.05, 4.69) is 71.2 Å². The van der Waals surface area contributed by atoms with Gasteiger partial charge in [0.25, 0.3) is 0 Å². The first-order valence-corrected chi connectivity index (χ1v) is 8.19. The van der Waals surface area contributed by atoms with Crippen molar-refractivity contribution in [1.82, 2.24) is 10.2 Å². The summed E-state index contributed by atoms with van der Waals surface area (Å²) in [6.07, 6.45) is 2.30. The van der Waals surface area contributed by atoms with Gasteiger partial charge in [0.1, 0.15) is 0 Å². The minimum atomic E-state index is 0.560. The number of nitrogens with zero attached hydrogens (tertiary/aromatic N) is 1. The highest BCUT2D eigenvalue weighted by atomic mass is 79.9. The summed E-state index contributed by atoms with van der Waals surface area (Å²) in [5, 5.41) is 3.61. The molecule has 0 aliphatic carbocycles. The fraction of sp³-hybridized carbons (Fsp3) is 0.625. The monoisotopic (exact) mass is 326 g/mol. The molecule has 0 bridgehead atoms. The Kier molecular flexibility index (Phi) is 8.35. The van der Waals surface area contributed by atoms with Gasteiger partial charge in [0.2, 0.25) is 0 Å². The first-order chi connectivity index (χ1) is 9.21. The summed E-state index contributed by atoms with van der Waals surface area (Å²) < 4.78 is 1.22. The fourth-order valence-corrected chi connectivity index (χ4v) is 2.82. The Morgan fingerprint density at radius 2 is 1.84 bits per heavy atom.